The van der Waals surface area contributed by atoms with Crippen molar-refractivity contribution in [2.45, 2.75) is 44.4 Å². The highest BCUT2D eigenvalue weighted by Crippen LogP contribution is 2.17. The average Bonchev–Trinajstić information content (AvgIpc) is 2.61. The Labute approximate surface area is 102 Å². The number of rotatable bonds is 5. The normalized spacial score (nSPS) is 14.2. The van der Waals surface area contributed by atoms with Crippen LogP contribution in [0.2, 0.25) is 0 Å². The number of hydrogen-bond acceptors (Lipinski definition) is 4. The molecule has 0 spiro atoms. The summed E-state index contributed by atoms with van der Waals surface area (Å²) in [5.41, 5.74) is 0. The smallest absolute Gasteiger partial charge is 0.257 e. The first kappa shape index (κ1) is 14.1. The maximum absolute atomic E-state index is 11.2. The van der Waals surface area contributed by atoms with Gasteiger partial charge in [-0.05, 0) is 6.92 Å². The Hall–Kier alpha value is -0.920. The first-order valence-corrected chi connectivity index (χ1v) is 6.93. The third-order valence-electron chi connectivity index (χ3n) is 2.45. The zero-order chi connectivity index (χ0) is 13.2. The summed E-state index contributed by atoms with van der Waals surface area (Å²) < 4.78 is 29.4. The van der Waals surface area contributed by atoms with E-state index in [-0.39, 0.29) is 17.0 Å². The van der Waals surface area contributed by atoms with Crippen LogP contribution in [0.4, 0.5) is 0 Å². The number of nitrogens with zero attached hydrogens (tertiary/aromatic N) is 2. The number of nitrogens with two attached hydrogens (primary N) is 1. The molecule has 1 rings (SSSR count). The van der Waals surface area contributed by atoms with Gasteiger partial charge in [0.05, 0.1) is 6.10 Å². The summed E-state index contributed by atoms with van der Waals surface area (Å²) in [6, 6.07) is 0. The second kappa shape index (κ2) is 5.16. The summed E-state index contributed by atoms with van der Waals surface area (Å²) in [7, 11) is -2.14. The molecule has 0 aliphatic carbocycles. The molecule has 1 aromatic rings. The molecular formula is C10H19N3O3S. The van der Waals surface area contributed by atoms with Gasteiger partial charge in [-0.1, -0.05) is 13.8 Å². The van der Waals surface area contributed by atoms with Crippen LogP contribution in [-0.4, -0.2) is 31.2 Å². The molecule has 6 nitrogen and oxygen atoms in total. The van der Waals surface area contributed by atoms with Gasteiger partial charge in [0.15, 0.2) is 5.03 Å². The van der Waals surface area contributed by atoms with Crippen LogP contribution in [0.3, 0.4) is 0 Å². The van der Waals surface area contributed by atoms with Crippen molar-refractivity contribution in [3.63, 3.8) is 0 Å². The zero-order valence-electron chi connectivity index (χ0n) is 10.5. The van der Waals surface area contributed by atoms with Crippen molar-refractivity contribution in [1.29, 1.82) is 0 Å². The molecule has 0 saturated heterocycles. The Bertz CT molecular complexity index is 479. The fourth-order valence-electron chi connectivity index (χ4n) is 1.50. The van der Waals surface area contributed by atoms with Gasteiger partial charge in [0.2, 0.25) is 0 Å². The summed E-state index contributed by atoms with van der Waals surface area (Å²) in [4.78, 5) is 4.06. The molecule has 1 atom stereocenters. The lowest BCUT2D eigenvalue weighted by atomic mass is 10.2. The molecule has 0 aliphatic heterocycles. The highest BCUT2D eigenvalue weighted by atomic mass is 32.2. The average molecular weight is 261 g/mol. The SMILES string of the molecule is COC(C)Cn1cc(S(N)(=O)=O)nc1C(C)C. The van der Waals surface area contributed by atoms with E-state index in [1.165, 1.54) is 6.20 Å². The van der Waals surface area contributed by atoms with Gasteiger partial charge in [0.25, 0.3) is 10.0 Å². The van der Waals surface area contributed by atoms with Crippen LogP contribution in [0, 0.1) is 0 Å². The third kappa shape index (κ3) is 3.52. The first-order chi connectivity index (χ1) is 7.75. The lowest BCUT2D eigenvalue weighted by Crippen LogP contribution is -2.16. The Kier molecular flexibility index (Phi) is 4.29. The standard InChI is InChI=1S/C10H19N3O3S/c1-7(2)10-12-9(17(11,14)15)6-13(10)5-8(3)16-4/h6-8H,5H2,1-4H3,(H2,11,14,15). The molecular weight excluding hydrogens is 242 g/mol. The predicted octanol–water partition coefficient (Wildman–Crippen LogP) is 0.689. The van der Waals surface area contributed by atoms with E-state index in [0.29, 0.717) is 12.4 Å². The fourth-order valence-corrected chi connectivity index (χ4v) is 2.00. The highest BCUT2D eigenvalue weighted by Gasteiger charge is 2.19. The first-order valence-electron chi connectivity index (χ1n) is 5.38. The number of primary sulfonamides is 1. The number of aromatic nitrogens is 2. The maximum atomic E-state index is 11.2. The number of hydrogen-bond donors (Lipinski definition) is 1. The van der Waals surface area contributed by atoms with Crippen molar-refractivity contribution in [3.8, 4) is 0 Å². The minimum Gasteiger partial charge on any atom is -0.380 e. The van der Waals surface area contributed by atoms with Crippen molar-refractivity contribution in [1.82, 2.24) is 9.55 Å². The molecule has 1 unspecified atom stereocenters. The molecule has 17 heavy (non-hydrogen) atoms. The van der Waals surface area contributed by atoms with Crippen LogP contribution in [0.25, 0.3) is 0 Å². The van der Waals surface area contributed by atoms with Gasteiger partial charge in [-0.2, -0.15) is 0 Å². The van der Waals surface area contributed by atoms with Gasteiger partial charge < -0.3 is 9.30 Å². The summed E-state index contributed by atoms with van der Waals surface area (Å²) in [6.45, 7) is 6.35. The molecule has 2 N–H and O–H groups in total. The molecule has 0 saturated carbocycles. The Morgan fingerprint density at radius 1 is 1.47 bits per heavy atom. The van der Waals surface area contributed by atoms with Crippen LogP contribution in [0.1, 0.15) is 32.5 Å². The molecule has 0 aromatic carbocycles. The van der Waals surface area contributed by atoms with E-state index in [0.717, 1.165) is 0 Å². The van der Waals surface area contributed by atoms with E-state index in [1.807, 2.05) is 20.8 Å². The Balaban J connectivity index is 3.15. The molecule has 7 heteroatoms. The number of sulfonamides is 1. The van der Waals surface area contributed by atoms with Gasteiger partial charge in [0, 0.05) is 25.8 Å². The van der Waals surface area contributed by atoms with Gasteiger partial charge >= 0.3 is 0 Å². The largest absolute Gasteiger partial charge is 0.380 e. The number of imidazole rings is 1. The summed E-state index contributed by atoms with van der Waals surface area (Å²) >= 11 is 0. The summed E-state index contributed by atoms with van der Waals surface area (Å²) in [5.74, 6) is 0.812. The molecule has 0 fully saturated rings. The number of methoxy groups -OCH3 is 1. The second-order valence-corrected chi connectivity index (χ2v) is 5.84. The monoisotopic (exact) mass is 261 g/mol. The zero-order valence-corrected chi connectivity index (χ0v) is 11.4. The van der Waals surface area contributed by atoms with Crippen LogP contribution >= 0.6 is 0 Å². The van der Waals surface area contributed by atoms with Crippen LogP contribution in [0.5, 0.6) is 0 Å². The maximum Gasteiger partial charge on any atom is 0.257 e. The van der Waals surface area contributed by atoms with E-state index in [2.05, 4.69) is 4.98 Å². The van der Waals surface area contributed by atoms with Crippen molar-refractivity contribution in [2.75, 3.05) is 7.11 Å². The molecule has 0 bridgehead atoms. The van der Waals surface area contributed by atoms with Gasteiger partial charge in [-0.25, -0.2) is 18.5 Å². The Morgan fingerprint density at radius 2 is 2.06 bits per heavy atom. The van der Waals surface area contributed by atoms with E-state index < -0.39 is 10.0 Å². The van der Waals surface area contributed by atoms with Gasteiger partial charge in [-0.3, -0.25) is 0 Å². The summed E-state index contributed by atoms with van der Waals surface area (Å²) in [5, 5.41) is 4.97. The molecule has 1 aromatic heterocycles. The van der Waals surface area contributed by atoms with Crippen LogP contribution in [-0.2, 0) is 21.3 Å². The molecule has 0 aliphatic rings. The topological polar surface area (TPSA) is 87.2 Å². The predicted molar refractivity (Wildman–Crippen MR) is 64.2 cm³/mol. The lowest BCUT2D eigenvalue weighted by molar-refractivity contribution is 0.102. The van der Waals surface area contributed by atoms with Crippen molar-refractivity contribution >= 4 is 10.0 Å². The van der Waals surface area contributed by atoms with Gasteiger partial charge in [-0.15, -0.1) is 0 Å². The van der Waals surface area contributed by atoms with Crippen molar-refractivity contribution < 1.29 is 13.2 Å². The molecule has 0 radical (unpaired) electrons. The second-order valence-electron chi connectivity index (χ2n) is 4.34. The van der Waals surface area contributed by atoms with E-state index in [1.54, 1.807) is 11.7 Å². The minimum absolute atomic E-state index is 0.0185. The minimum atomic E-state index is -3.75. The lowest BCUT2D eigenvalue weighted by Gasteiger charge is -2.14. The summed E-state index contributed by atoms with van der Waals surface area (Å²) in [6.07, 6.45) is 1.44. The van der Waals surface area contributed by atoms with Crippen molar-refractivity contribution in [2.24, 2.45) is 5.14 Å². The van der Waals surface area contributed by atoms with Gasteiger partial charge in [0.1, 0.15) is 5.82 Å². The third-order valence-corrected chi connectivity index (χ3v) is 3.23. The highest BCUT2D eigenvalue weighted by molar-refractivity contribution is 7.89. The van der Waals surface area contributed by atoms with E-state index in [9.17, 15) is 8.42 Å². The molecule has 0 amide bonds. The quantitative estimate of drug-likeness (QED) is 0.844. The van der Waals surface area contributed by atoms with Crippen LogP contribution in [0.15, 0.2) is 11.2 Å². The van der Waals surface area contributed by atoms with E-state index in [4.69, 9.17) is 9.88 Å². The Morgan fingerprint density at radius 3 is 2.47 bits per heavy atom. The molecule has 1 heterocycles. The molecule has 98 valence electrons. The van der Waals surface area contributed by atoms with Crippen molar-refractivity contribution in [3.05, 3.63) is 12.0 Å². The number of ether oxygens (including phenoxy) is 1. The van der Waals surface area contributed by atoms with E-state index >= 15 is 0 Å². The van der Waals surface area contributed by atoms with Crippen LogP contribution < -0.4 is 5.14 Å². The fraction of sp³-hybridized carbons (Fsp3) is 0.700.